The Labute approximate surface area is 62.2 Å². The molecular formula is C5H15NO3S. The van der Waals surface area contributed by atoms with E-state index in [0.29, 0.717) is 0 Å². The maximum Gasteiger partial charge on any atom is 0.265 e. The number of hydrogen-bond donors (Lipinski definition) is 2. The molecule has 3 N–H and O–H groups in total. The van der Waals surface area contributed by atoms with Crippen molar-refractivity contribution < 1.29 is 13.0 Å². The first kappa shape index (κ1) is 12.5. The minimum absolute atomic E-state index is 0.00463. The fraction of sp³-hybridized carbons (Fsp3) is 1.00. The lowest BCUT2D eigenvalue weighted by Crippen LogP contribution is -2.09. The highest BCUT2D eigenvalue weighted by Crippen LogP contribution is 1.95. The Bertz CT molecular complexity index is 150. The maximum atomic E-state index is 10.00. The zero-order valence-corrected chi connectivity index (χ0v) is 7.35. The van der Waals surface area contributed by atoms with Crippen molar-refractivity contribution in [2.75, 3.05) is 12.8 Å². The van der Waals surface area contributed by atoms with E-state index in [-0.39, 0.29) is 11.7 Å². The lowest BCUT2D eigenvalue weighted by molar-refractivity contribution is 0.473. The molecule has 0 radical (unpaired) electrons. The Hall–Kier alpha value is -0.130. The van der Waals surface area contributed by atoms with Crippen LogP contribution in [0.2, 0.25) is 0 Å². The minimum atomic E-state index is -3.72. The van der Waals surface area contributed by atoms with Crippen LogP contribution in [-0.4, -0.2) is 25.8 Å². The molecule has 10 heavy (non-hydrogen) atoms. The van der Waals surface area contributed by atoms with Gasteiger partial charge in [-0.15, -0.1) is 0 Å². The van der Waals surface area contributed by atoms with Crippen LogP contribution in [0.3, 0.4) is 0 Å². The van der Waals surface area contributed by atoms with Crippen LogP contribution in [0.25, 0.3) is 0 Å². The molecule has 0 aliphatic rings. The molecule has 0 amide bonds. The molecule has 0 saturated heterocycles. The topological polar surface area (TPSA) is 80.4 Å². The maximum absolute atomic E-state index is 10.00. The molecule has 64 valence electrons. The quantitative estimate of drug-likeness (QED) is 0.575. The van der Waals surface area contributed by atoms with Gasteiger partial charge in [0.25, 0.3) is 10.1 Å². The van der Waals surface area contributed by atoms with Crippen molar-refractivity contribution in [3.8, 4) is 0 Å². The first-order valence-electron chi connectivity index (χ1n) is 2.94. The van der Waals surface area contributed by atoms with Gasteiger partial charge >= 0.3 is 0 Å². The van der Waals surface area contributed by atoms with Gasteiger partial charge in [0.15, 0.2) is 0 Å². The summed E-state index contributed by atoms with van der Waals surface area (Å²) in [6.07, 6.45) is 0. The molecule has 0 aromatic rings. The van der Waals surface area contributed by atoms with E-state index in [2.05, 4.69) is 5.73 Å². The highest BCUT2D eigenvalue weighted by Gasteiger charge is 2.05. The second-order valence-corrected chi connectivity index (χ2v) is 3.64. The van der Waals surface area contributed by atoms with Crippen LogP contribution >= 0.6 is 0 Å². The molecular weight excluding hydrogens is 154 g/mol. The van der Waals surface area contributed by atoms with Crippen LogP contribution in [-0.2, 0) is 10.1 Å². The van der Waals surface area contributed by atoms with Crippen molar-refractivity contribution in [2.24, 2.45) is 11.7 Å². The van der Waals surface area contributed by atoms with E-state index < -0.39 is 10.1 Å². The van der Waals surface area contributed by atoms with Gasteiger partial charge < -0.3 is 5.73 Å². The smallest absolute Gasteiger partial charge is 0.265 e. The summed E-state index contributed by atoms with van der Waals surface area (Å²) < 4.78 is 28.2. The standard InChI is InChI=1S/C4H10O3S.CH5N/c1-4(2)3-8(5,6)7;1-2/h4H,3H2,1-2H3,(H,5,6,7);2H2,1H3. The fourth-order valence-corrected chi connectivity index (χ4v) is 1.26. The van der Waals surface area contributed by atoms with Crippen LogP contribution in [0.15, 0.2) is 0 Å². The van der Waals surface area contributed by atoms with Gasteiger partial charge in [-0.2, -0.15) is 8.42 Å². The molecule has 5 heteroatoms. The Balaban J connectivity index is 0. The van der Waals surface area contributed by atoms with Crippen molar-refractivity contribution in [3.05, 3.63) is 0 Å². The Kier molecular flexibility index (Phi) is 7.07. The lowest BCUT2D eigenvalue weighted by Gasteiger charge is -1.97. The molecule has 0 aliphatic heterocycles. The van der Waals surface area contributed by atoms with Crippen molar-refractivity contribution in [2.45, 2.75) is 13.8 Å². The van der Waals surface area contributed by atoms with E-state index in [1.165, 1.54) is 7.05 Å². The van der Waals surface area contributed by atoms with E-state index in [0.717, 1.165) is 0 Å². The average Bonchev–Trinajstić information content (AvgIpc) is 1.64. The summed E-state index contributed by atoms with van der Waals surface area (Å²) in [5.74, 6) is -0.141. The molecule has 0 unspecified atom stereocenters. The molecule has 0 aromatic carbocycles. The second-order valence-electron chi connectivity index (χ2n) is 2.14. The number of rotatable bonds is 2. The van der Waals surface area contributed by atoms with Crippen LogP contribution < -0.4 is 5.73 Å². The van der Waals surface area contributed by atoms with E-state index in [1.54, 1.807) is 13.8 Å². The van der Waals surface area contributed by atoms with Gasteiger partial charge in [0.2, 0.25) is 0 Å². The molecule has 0 saturated carbocycles. The zero-order chi connectivity index (χ0) is 8.78. The summed E-state index contributed by atoms with van der Waals surface area (Å²) in [5.41, 5.74) is 4.50. The molecule has 0 spiro atoms. The zero-order valence-electron chi connectivity index (χ0n) is 6.53. The van der Waals surface area contributed by atoms with Gasteiger partial charge in [-0.1, -0.05) is 13.8 Å². The normalized spacial score (nSPS) is 10.6. The Morgan fingerprint density at radius 2 is 1.70 bits per heavy atom. The van der Waals surface area contributed by atoms with E-state index in [4.69, 9.17) is 4.55 Å². The second kappa shape index (κ2) is 5.64. The fourth-order valence-electron chi connectivity index (χ4n) is 0.421. The molecule has 0 aromatic heterocycles. The van der Waals surface area contributed by atoms with Crippen molar-refractivity contribution in [3.63, 3.8) is 0 Å². The summed E-state index contributed by atoms with van der Waals surface area (Å²) in [6, 6.07) is 0. The average molecular weight is 169 g/mol. The predicted molar refractivity (Wildman–Crippen MR) is 41.4 cm³/mol. The molecule has 0 fully saturated rings. The molecule has 4 nitrogen and oxygen atoms in total. The van der Waals surface area contributed by atoms with Gasteiger partial charge in [-0.05, 0) is 13.0 Å². The third-order valence-corrected chi connectivity index (χ3v) is 1.63. The van der Waals surface area contributed by atoms with E-state index in [9.17, 15) is 8.42 Å². The molecule has 0 aliphatic carbocycles. The van der Waals surface area contributed by atoms with Crippen LogP contribution in [0.4, 0.5) is 0 Å². The van der Waals surface area contributed by atoms with E-state index in [1.807, 2.05) is 0 Å². The first-order chi connectivity index (χ1) is 4.42. The molecule has 0 atom stereocenters. The van der Waals surface area contributed by atoms with Crippen LogP contribution in [0, 0.1) is 5.92 Å². The Morgan fingerprint density at radius 1 is 1.40 bits per heavy atom. The van der Waals surface area contributed by atoms with Gasteiger partial charge in [0.05, 0.1) is 5.75 Å². The third kappa shape index (κ3) is 15.7. The monoisotopic (exact) mass is 169 g/mol. The largest absolute Gasteiger partial charge is 0.333 e. The van der Waals surface area contributed by atoms with E-state index >= 15 is 0 Å². The summed E-state index contributed by atoms with van der Waals surface area (Å²) in [7, 11) is -2.22. The summed E-state index contributed by atoms with van der Waals surface area (Å²) in [5, 5.41) is 0. The number of nitrogens with two attached hydrogens (primary N) is 1. The van der Waals surface area contributed by atoms with Gasteiger partial charge in [-0.25, -0.2) is 0 Å². The first-order valence-corrected chi connectivity index (χ1v) is 4.55. The van der Waals surface area contributed by atoms with Gasteiger partial charge in [-0.3, -0.25) is 4.55 Å². The van der Waals surface area contributed by atoms with Gasteiger partial charge in [0.1, 0.15) is 0 Å². The molecule has 0 heterocycles. The van der Waals surface area contributed by atoms with Gasteiger partial charge in [0, 0.05) is 0 Å². The Morgan fingerprint density at radius 3 is 1.70 bits per heavy atom. The third-order valence-electron chi connectivity index (χ3n) is 0.544. The number of hydrogen-bond acceptors (Lipinski definition) is 3. The van der Waals surface area contributed by atoms with Crippen molar-refractivity contribution >= 4 is 10.1 Å². The van der Waals surface area contributed by atoms with Crippen molar-refractivity contribution in [1.29, 1.82) is 0 Å². The van der Waals surface area contributed by atoms with Crippen LogP contribution in [0.5, 0.6) is 0 Å². The highest BCUT2D eigenvalue weighted by molar-refractivity contribution is 7.85. The molecule has 0 bridgehead atoms. The summed E-state index contributed by atoms with van der Waals surface area (Å²) in [4.78, 5) is 0. The molecule has 0 rings (SSSR count). The summed E-state index contributed by atoms with van der Waals surface area (Å²) in [6.45, 7) is 3.46. The summed E-state index contributed by atoms with van der Waals surface area (Å²) >= 11 is 0. The minimum Gasteiger partial charge on any atom is -0.333 e. The van der Waals surface area contributed by atoms with Crippen molar-refractivity contribution in [1.82, 2.24) is 0 Å². The highest BCUT2D eigenvalue weighted by atomic mass is 32.2. The SMILES string of the molecule is CC(C)CS(=O)(=O)O.CN. The predicted octanol–water partition coefficient (Wildman–Crippen LogP) is 0.105. The van der Waals surface area contributed by atoms with Crippen LogP contribution in [0.1, 0.15) is 13.8 Å². The lowest BCUT2D eigenvalue weighted by atomic mass is 10.3.